The van der Waals surface area contributed by atoms with Gasteiger partial charge in [-0.15, -0.1) is 0 Å². The summed E-state index contributed by atoms with van der Waals surface area (Å²) in [7, 11) is 0. The lowest BCUT2D eigenvalue weighted by Gasteiger charge is -2.09. The van der Waals surface area contributed by atoms with Gasteiger partial charge < -0.3 is 10.1 Å². The molecule has 0 aliphatic carbocycles. The number of hydrogen-bond acceptors (Lipinski definition) is 3. The van der Waals surface area contributed by atoms with Gasteiger partial charge >= 0.3 is 5.97 Å². The molecule has 1 N–H and O–H groups in total. The minimum Gasteiger partial charge on any atom is -0.456 e. The maximum absolute atomic E-state index is 13.5. The maximum atomic E-state index is 13.5. The van der Waals surface area contributed by atoms with Crippen molar-refractivity contribution in [3.63, 3.8) is 0 Å². The van der Waals surface area contributed by atoms with Crippen LogP contribution in [0.25, 0.3) is 6.08 Å². The van der Waals surface area contributed by atoms with E-state index in [0.717, 1.165) is 5.56 Å². The normalized spacial score (nSPS) is 11.0. The molecule has 2 aromatic rings. The Morgan fingerprint density at radius 3 is 2.39 bits per heavy atom. The summed E-state index contributed by atoms with van der Waals surface area (Å²) in [6.45, 7) is 1.08. The molecule has 118 valence electrons. The number of nitrogens with one attached hydrogen (secondary N) is 1. The molecule has 0 spiro atoms. The summed E-state index contributed by atoms with van der Waals surface area (Å²) < 4.78 is 18.6. The number of ether oxygens (including phenoxy) is 1. The van der Waals surface area contributed by atoms with E-state index < -0.39 is 17.7 Å². The molecule has 0 radical (unpaired) electrons. The van der Waals surface area contributed by atoms with Crippen molar-refractivity contribution in [1.82, 2.24) is 5.32 Å². The van der Waals surface area contributed by atoms with Crippen molar-refractivity contribution in [2.45, 2.75) is 13.5 Å². The smallest absolute Gasteiger partial charge is 0.355 e. The van der Waals surface area contributed by atoms with Gasteiger partial charge in [-0.1, -0.05) is 48.5 Å². The molecule has 0 saturated carbocycles. The molecule has 4 nitrogen and oxygen atoms in total. The summed E-state index contributed by atoms with van der Waals surface area (Å²) in [5, 5.41) is 2.43. The zero-order chi connectivity index (χ0) is 16.7. The third-order valence-electron chi connectivity index (χ3n) is 2.96. The number of benzene rings is 2. The fourth-order valence-corrected chi connectivity index (χ4v) is 1.89. The molecule has 0 heterocycles. The van der Waals surface area contributed by atoms with Crippen LogP contribution in [0.1, 0.15) is 18.1 Å². The minimum absolute atomic E-state index is 0.0000364. The first-order valence-electron chi connectivity index (χ1n) is 7.01. The Labute approximate surface area is 133 Å². The van der Waals surface area contributed by atoms with Crippen molar-refractivity contribution >= 4 is 18.0 Å². The van der Waals surface area contributed by atoms with Gasteiger partial charge in [-0.05, 0) is 17.7 Å². The predicted molar refractivity (Wildman–Crippen MR) is 84.4 cm³/mol. The van der Waals surface area contributed by atoms with Gasteiger partial charge in [0.15, 0.2) is 0 Å². The Hall–Kier alpha value is -2.95. The highest BCUT2D eigenvalue weighted by Gasteiger charge is 2.14. The topological polar surface area (TPSA) is 55.4 Å². The summed E-state index contributed by atoms with van der Waals surface area (Å²) in [5.41, 5.74) is 1.00. The number of esters is 1. The number of rotatable bonds is 5. The van der Waals surface area contributed by atoms with Crippen LogP contribution in [-0.4, -0.2) is 11.9 Å². The molecule has 2 rings (SSSR count). The van der Waals surface area contributed by atoms with E-state index in [1.165, 1.54) is 25.1 Å². The first kappa shape index (κ1) is 16.4. The summed E-state index contributed by atoms with van der Waals surface area (Å²) in [6, 6.07) is 15.0. The van der Waals surface area contributed by atoms with Gasteiger partial charge in [0.2, 0.25) is 5.91 Å². The average Bonchev–Trinajstić information content (AvgIpc) is 2.54. The lowest BCUT2D eigenvalue weighted by atomic mass is 10.2. The molecule has 1 amide bonds. The fourth-order valence-electron chi connectivity index (χ4n) is 1.89. The molecule has 0 atom stereocenters. The highest BCUT2D eigenvalue weighted by molar-refractivity contribution is 5.97. The fraction of sp³-hybridized carbons (Fsp3) is 0.111. The van der Waals surface area contributed by atoms with Crippen LogP contribution in [-0.2, 0) is 20.9 Å². The molecular formula is C18H16FNO3. The zero-order valence-corrected chi connectivity index (χ0v) is 12.6. The molecular weight excluding hydrogens is 297 g/mol. The van der Waals surface area contributed by atoms with E-state index in [-0.39, 0.29) is 17.9 Å². The quantitative estimate of drug-likeness (QED) is 0.682. The van der Waals surface area contributed by atoms with Gasteiger partial charge in [0.1, 0.15) is 18.1 Å². The van der Waals surface area contributed by atoms with Gasteiger partial charge in [-0.2, -0.15) is 0 Å². The molecule has 0 aliphatic heterocycles. The van der Waals surface area contributed by atoms with Crippen LogP contribution >= 0.6 is 0 Å². The molecule has 0 unspecified atom stereocenters. The Morgan fingerprint density at radius 1 is 1.09 bits per heavy atom. The van der Waals surface area contributed by atoms with Gasteiger partial charge in [-0.25, -0.2) is 9.18 Å². The van der Waals surface area contributed by atoms with E-state index in [1.807, 2.05) is 18.2 Å². The highest BCUT2D eigenvalue weighted by Crippen LogP contribution is 2.11. The van der Waals surface area contributed by atoms with Crippen LogP contribution in [0.4, 0.5) is 4.39 Å². The van der Waals surface area contributed by atoms with Crippen LogP contribution in [0.15, 0.2) is 60.3 Å². The number of carbonyl (C=O) groups is 2. The van der Waals surface area contributed by atoms with E-state index >= 15 is 0 Å². The Morgan fingerprint density at radius 2 is 1.74 bits per heavy atom. The second-order valence-corrected chi connectivity index (χ2v) is 4.82. The molecule has 23 heavy (non-hydrogen) atoms. The number of carbonyl (C=O) groups excluding carboxylic acids is 2. The summed E-state index contributed by atoms with van der Waals surface area (Å²) in [4.78, 5) is 23.4. The van der Waals surface area contributed by atoms with E-state index in [1.54, 1.807) is 24.3 Å². The molecule has 2 aromatic carbocycles. The van der Waals surface area contributed by atoms with Crippen LogP contribution in [0, 0.1) is 5.82 Å². The van der Waals surface area contributed by atoms with Gasteiger partial charge in [0.05, 0.1) is 0 Å². The van der Waals surface area contributed by atoms with Crippen molar-refractivity contribution in [2.24, 2.45) is 0 Å². The van der Waals surface area contributed by atoms with Crippen molar-refractivity contribution in [1.29, 1.82) is 0 Å². The van der Waals surface area contributed by atoms with E-state index in [4.69, 9.17) is 4.74 Å². The van der Waals surface area contributed by atoms with Crippen molar-refractivity contribution in [2.75, 3.05) is 0 Å². The molecule has 5 heteroatoms. The number of hydrogen-bond donors (Lipinski definition) is 1. The minimum atomic E-state index is -0.729. The Bertz CT molecular complexity index is 726. The van der Waals surface area contributed by atoms with Crippen molar-refractivity contribution in [3.05, 3.63) is 77.2 Å². The van der Waals surface area contributed by atoms with Crippen LogP contribution in [0.2, 0.25) is 0 Å². The third kappa shape index (κ3) is 5.07. The first-order chi connectivity index (χ1) is 11.1. The standard InChI is InChI=1S/C18H16FNO3/c1-13(21)20-17(11-14-7-3-2-4-8-14)18(22)23-12-15-9-5-6-10-16(15)19/h2-11H,12H2,1H3,(H,20,21)/b17-11-. The molecule has 0 aromatic heterocycles. The van der Waals surface area contributed by atoms with Crippen molar-refractivity contribution in [3.8, 4) is 0 Å². The maximum Gasteiger partial charge on any atom is 0.355 e. The molecule has 0 fully saturated rings. The van der Waals surface area contributed by atoms with Gasteiger partial charge in [-0.3, -0.25) is 4.79 Å². The van der Waals surface area contributed by atoms with E-state index in [9.17, 15) is 14.0 Å². The highest BCUT2D eigenvalue weighted by atomic mass is 19.1. The second kappa shape index (κ2) is 7.89. The second-order valence-electron chi connectivity index (χ2n) is 4.82. The van der Waals surface area contributed by atoms with Crippen LogP contribution in [0.5, 0.6) is 0 Å². The summed E-state index contributed by atoms with van der Waals surface area (Å²) in [6.07, 6.45) is 1.51. The average molecular weight is 313 g/mol. The zero-order valence-electron chi connectivity index (χ0n) is 12.6. The third-order valence-corrected chi connectivity index (χ3v) is 2.96. The predicted octanol–water partition coefficient (Wildman–Crippen LogP) is 3.05. The summed E-state index contributed by atoms with van der Waals surface area (Å²) >= 11 is 0. The molecule has 0 bridgehead atoms. The van der Waals surface area contributed by atoms with Crippen LogP contribution < -0.4 is 5.32 Å². The van der Waals surface area contributed by atoms with E-state index in [2.05, 4.69) is 5.32 Å². The van der Waals surface area contributed by atoms with Gasteiger partial charge in [0, 0.05) is 12.5 Å². The monoisotopic (exact) mass is 313 g/mol. The molecule has 0 saturated heterocycles. The van der Waals surface area contributed by atoms with Gasteiger partial charge in [0.25, 0.3) is 0 Å². The van der Waals surface area contributed by atoms with E-state index in [0.29, 0.717) is 0 Å². The Kier molecular flexibility index (Phi) is 5.63. The Balaban J connectivity index is 2.12. The lowest BCUT2D eigenvalue weighted by Crippen LogP contribution is -2.26. The SMILES string of the molecule is CC(=O)N/C(=C\c1ccccc1)C(=O)OCc1ccccc1F. The lowest BCUT2D eigenvalue weighted by molar-refractivity contribution is -0.141. The largest absolute Gasteiger partial charge is 0.456 e. The number of amides is 1. The number of halogens is 1. The van der Waals surface area contributed by atoms with Crippen LogP contribution in [0.3, 0.4) is 0 Å². The first-order valence-corrected chi connectivity index (χ1v) is 7.01. The van der Waals surface area contributed by atoms with Crippen molar-refractivity contribution < 1.29 is 18.7 Å². The molecule has 0 aliphatic rings. The summed E-state index contributed by atoms with van der Waals surface area (Å²) in [5.74, 6) is -1.57.